The van der Waals surface area contributed by atoms with E-state index in [-0.39, 0.29) is 5.41 Å². The fourth-order valence-electron chi connectivity index (χ4n) is 2.63. The van der Waals surface area contributed by atoms with Gasteiger partial charge in [-0.25, -0.2) is 9.59 Å². The van der Waals surface area contributed by atoms with Crippen LogP contribution in [0.3, 0.4) is 0 Å². The normalized spacial score (nSPS) is 14.4. The molecule has 1 unspecified atom stereocenters. The molecule has 0 bridgehead atoms. The van der Waals surface area contributed by atoms with Crippen LogP contribution in [0.25, 0.3) is 0 Å². The van der Waals surface area contributed by atoms with E-state index in [1.54, 1.807) is 0 Å². The van der Waals surface area contributed by atoms with Gasteiger partial charge in [-0.1, -0.05) is 40.4 Å². The number of ether oxygens (including phenoxy) is 1. The molecule has 0 aliphatic heterocycles. The summed E-state index contributed by atoms with van der Waals surface area (Å²) in [5, 5.41) is 8.40. The van der Waals surface area contributed by atoms with E-state index in [2.05, 4.69) is 40.4 Å². The van der Waals surface area contributed by atoms with Crippen molar-refractivity contribution in [2.75, 3.05) is 6.61 Å². The third-order valence-electron chi connectivity index (χ3n) is 3.10. The molecule has 110 valence electrons. The second-order valence-electron chi connectivity index (χ2n) is 6.91. The first-order valence-electron chi connectivity index (χ1n) is 6.52. The summed E-state index contributed by atoms with van der Waals surface area (Å²) in [5.41, 5.74) is 0.726. The van der Waals surface area contributed by atoms with Crippen molar-refractivity contribution < 1.29 is 19.4 Å². The van der Waals surface area contributed by atoms with Gasteiger partial charge in [0.2, 0.25) is 0 Å². The van der Waals surface area contributed by atoms with Gasteiger partial charge in [-0.3, -0.25) is 0 Å². The summed E-state index contributed by atoms with van der Waals surface area (Å²) in [7, 11) is -1.33. The number of carbonyl (C=O) groups excluding carboxylic acids is 1. The van der Waals surface area contributed by atoms with E-state index in [9.17, 15) is 9.59 Å². The van der Waals surface area contributed by atoms with E-state index in [0.717, 1.165) is 18.6 Å². The molecule has 1 atom stereocenters. The predicted molar refractivity (Wildman–Crippen MR) is 78.9 cm³/mol. The first-order chi connectivity index (χ1) is 8.44. The van der Waals surface area contributed by atoms with Crippen molar-refractivity contribution in [3.63, 3.8) is 0 Å². The first kappa shape index (κ1) is 17.9. The number of rotatable bonds is 6. The molecule has 0 fully saturated rings. The predicted octanol–water partition coefficient (Wildman–Crippen LogP) is 3.32. The molecule has 0 aromatic rings. The molecule has 0 aliphatic carbocycles. The topological polar surface area (TPSA) is 63.6 Å². The quantitative estimate of drug-likeness (QED) is 0.462. The Morgan fingerprint density at radius 3 is 2.11 bits per heavy atom. The number of aliphatic carboxylic acids is 1. The molecule has 0 saturated carbocycles. The van der Waals surface area contributed by atoms with Gasteiger partial charge in [0.05, 0.1) is 6.61 Å². The van der Waals surface area contributed by atoms with Gasteiger partial charge in [0.1, 0.15) is 0 Å². The Balaban J connectivity index is 4.37. The zero-order chi connectivity index (χ0) is 15.3. The van der Waals surface area contributed by atoms with Crippen LogP contribution in [0.2, 0.25) is 25.2 Å². The Labute approximate surface area is 116 Å². The van der Waals surface area contributed by atoms with Crippen molar-refractivity contribution in [2.24, 2.45) is 5.41 Å². The van der Waals surface area contributed by atoms with Crippen LogP contribution < -0.4 is 0 Å². The highest BCUT2D eigenvalue weighted by atomic mass is 28.3. The van der Waals surface area contributed by atoms with Crippen LogP contribution >= 0.6 is 0 Å². The highest BCUT2D eigenvalue weighted by molar-refractivity contribution is 6.77. The van der Waals surface area contributed by atoms with Gasteiger partial charge in [0.25, 0.3) is 0 Å². The molecule has 0 radical (unpaired) electrons. The van der Waals surface area contributed by atoms with E-state index < -0.39 is 20.0 Å². The maximum atomic E-state index is 11.3. The van der Waals surface area contributed by atoms with Crippen molar-refractivity contribution in [1.82, 2.24) is 0 Å². The second-order valence-corrected chi connectivity index (χ2v) is 12.3. The zero-order valence-corrected chi connectivity index (χ0v) is 13.8. The van der Waals surface area contributed by atoms with Gasteiger partial charge < -0.3 is 9.84 Å². The lowest BCUT2D eigenvalue weighted by Crippen LogP contribution is -2.37. The minimum Gasteiger partial charge on any atom is -0.478 e. The number of hydrogen-bond donors (Lipinski definition) is 1. The molecule has 5 heteroatoms. The summed E-state index contributed by atoms with van der Waals surface area (Å²) in [4.78, 5) is 21.5. The minimum absolute atomic E-state index is 0.188. The van der Waals surface area contributed by atoms with Crippen molar-refractivity contribution in [3.05, 3.63) is 12.2 Å². The SMILES string of the molecule is CC(C)(C)C(CCOC(=O)/C=C/C(=O)O)[Si](C)(C)C. The van der Waals surface area contributed by atoms with Gasteiger partial charge >= 0.3 is 11.9 Å². The van der Waals surface area contributed by atoms with Gasteiger partial charge in [-0.2, -0.15) is 0 Å². The van der Waals surface area contributed by atoms with Crippen LogP contribution in [-0.4, -0.2) is 31.7 Å². The fraction of sp³-hybridized carbons (Fsp3) is 0.714. The standard InChI is InChI=1S/C14H26O4Si/c1-14(2,3)11(19(4,5)6)9-10-18-13(17)8-7-12(15)16/h7-8,11H,9-10H2,1-6H3,(H,15,16)/b8-7+. The molecular formula is C14H26O4Si. The summed E-state index contributed by atoms with van der Waals surface area (Å²) < 4.78 is 5.05. The fourth-order valence-corrected chi connectivity index (χ4v) is 6.21. The van der Waals surface area contributed by atoms with Crippen LogP contribution in [-0.2, 0) is 14.3 Å². The van der Waals surface area contributed by atoms with Gasteiger partial charge in [-0.05, 0) is 17.4 Å². The van der Waals surface area contributed by atoms with Gasteiger partial charge in [0.15, 0.2) is 0 Å². The molecule has 4 nitrogen and oxygen atoms in total. The van der Waals surface area contributed by atoms with E-state index in [0.29, 0.717) is 12.1 Å². The number of carboxylic acid groups (broad SMARTS) is 1. The molecule has 0 aromatic carbocycles. The lowest BCUT2D eigenvalue weighted by Gasteiger charge is -2.39. The lowest BCUT2D eigenvalue weighted by molar-refractivity contribution is -0.139. The summed E-state index contributed by atoms with van der Waals surface area (Å²) in [6.07, 6.45) is 2.57. The summed E-state index contributed by atoms with van der Waals surface area (Å²) in [6.45, 7) is 13.9. The monoisotopic (exact) mass is 286 g/mol. The average molecular weight is 286 g/mol. The van der Waals surface area contributed by atoms with E-state index in [4.69, 9.17) is 9.84 Å². The Morgan fingerprint density at radius 2 is 1.74 bits per heavy atom. The molecule has 0 heterocycles. The molecule has 19 heavy (non-hydrogen) atoms. The summed E-state index contributed by atoms with van der Waals surface area (Å²) in [6, 6.07) is 0. The van der Waals surface area contributed by atoms with E-state index >= 15 is 0 Å². The Bertz CT molecular complexity index is 333. The van der Waals surface area contributed by atoms with Crippen LogP contribution in [0, 0.1) is 5.41 Å². The number of carboxylic acids is 1. The minimum atomic E-state index is -1.33. The smallest absolute Gasteiger partial charge is 0.331 e. The van der Waals surface area contributed by atoms with Crippen molar-refractivity contribution in [1.29, 1.82) is 0 Å². The third kappa shape index (κ3) is 7.82. The van der Waals surface area contributed by atoms with E-state index in [1.807, 2.05) is 0 Å². The van der Waals surface area contributed by atoms with Crippen LogP contribution in [0.1, 0.15) is 27.2 Å². The number of esters is 1. The maximum Gasteiger partial charge on any atom is 0.331 e. The molecule has 0 rings (SSSR count). The van der Waals surface area contributed by atoms with Crippen molar-refractivity contribution in [2.45, 2.75) is 52.4 Å². The molecule has 0 aromatic heterocycles. The van der Waals surface area contributed by atoms with Crippen LogP contribution in [0.15, 0.2) is 12.2 Å². The number of carbonyl (C=O) groups is 2. The Morgan fingerprint density at radius 1 is 1.21 bits per heavy atom. The van der Waals surface area contributed by atoms with Crippen molar-refractivity contribution in [3.8, 4) is 0 Å². The molecular weight excluding hydrogens is 260 g/mol. The summed E-state index contributed by atoms with van der Waals surface area (Å²) >= 11 is 0. The van der Waals surface area contributed by atoms with Gasteiger partial charge in [-0.15, -0.1) is 0 Å². The summed E-state index contributed by atoms with van der Waals surface area (Å²) in [5.74, 6) is -1.74. The number of hydrogen-bond acceptors (Lipinski definition) is 3. The molecule has 0 spiro atoms. The Kier molecular flexibility index (Phi) is 6.49. The van der Waals surface area contributed by atoms with Crippen molar-refractivity contribution >= 4 is 20.0 Å². The Hall–Kier alpha value is -1.10. The molecule has 0 saturated heterocycles. The second kappa shape index (κ2) is 6.89. The maximum absolute atomic E-state index is 11.3. The van der Waals surface area contributed by atoms with Crippen LogP contribution in [0.5, 0.6) is 0 Å². The highest BCUT2D eigenvalue weighted by Gasteiger charge is 2.35. The average Bonchev–Trinajstić information content (AvgIpc) is 2.17. The van der Waals surface area contributed by atoms with Crippen LogP contribution in [0.4, 0.5) is 0 Å². The zero-order valence-electron chi connectivity index (χ0n) is 12.8. The third-order valence-corrected chi connectivity index (χ3v) is 6.35. The molecule has 0 aliphatic rings. The largest absolute Gasteiger partial charge is 0.478 e. The van der Waals surface area contributed by atoms with E-state index in [1.165, 1.54) is 0 Å². The molecule has 0 amide bonds. The first-order valence-corrected chi connectivity index (χ1v) is 10.1. The van der Waals surface area contributed by atoms with Gasteiger partial charge in [0, 0.05) is 20.2 Å². The molecule has 1 N–H and O–H groups in total. The lowest BCUT2D eigenvalue weighted by atomic mass is 9.90. The highest BCUT2D eigenvalue weighted by Crippen LogP contribution is 2.41.